The molecule has 7 nitrogen and oxygen atoms in total. The molecule has 2 N–H and O–H groups in total. The number of nitrogens with one attached hydrogen (secondary N) is 2. The number of hydrogen-bond donors (Lipinski definition) is 2. The largest absolute Gasteiger partial charge is 0.314 e. The lowest BCUT2D eigenvalue weighted by Crippen LogP contribution is -2.46. The van der Waals surface area contributed by atoms with E-state index in [0.717, 1.165) is 30.5 Å². The first-order valence-electron chi connectivity index (χ1n) is 7.42. The lowest BCUT2D eigenvalue weighted by Gasteiger charge is -2.28. The number of aryl methyl sites for hydroxylation is 2. The average Bonchev–Trinajstić information content (AvgIpc) is 2.73. The Hall–Kier alpha value is -1.51. The van der Waals surface area contributed by atoms with Crippen molar-refractivity contribution in [3.05, 3.63) is 18.0 Å². The molecule has 1 fully saturated rings. The molecule has 0 aromatic carbocycles. The molecule has 1 aliphatic rings. The van der Waals surface area contributed by atoms with Gasteiger partial charge in [0.1, 0.15) is 4.90 Å². The fourth-order valence-electron chi connectivity index (χ4n) is 2.96. The molecular formula is C14H21N5O2S. The molecule has 2 aromatic heterocycles. The highest BCUT2D eigenvalue weighted by molar-refractivity contribution is 7.89. The van der Waals surface area contributed by atoms with E-state index in [-0.39, 0.29) is 10.9 Å². The van der Waals surface area contributed by atoms with Crippen molar-refractivity contribution in [3.8, 4) is 0 Å². The van der Waals surface area contributed by atoms with Gasteiger partial charge in [0.2, 0.25) is 10.0 Å². The van der Waals surface area contributed by atoms with Gasteiger partial charge in [-0.25, -0.2) is 18.1 Å². The molecular weight excluding hydrogens is 302 g/mol. The first kappa shape index (κ1) is 15.4. The highest BCUT2D eigenvalue weighted by atomic mass is 32.2. The normalized spacial score (nSPS) is 23.0. The number of nitrogens with zero attached hydrogens (tertiary/aromatic N) is 3. The third kappa shape index (κ3) is 2.86. The van der Waals surface area contributed by atoms with E-state index in [0.29, 0.717) is 11.7 Å². The Balaban J connectivity index is 1.90. The second-order valence-corrected chi connectivity index (χ2v) is 7.66. The number of piperidine rings is 1. The van der Waals surface area contributed by atoms with Crippen LogP contribution in [0.2, 0.25) is 0 Å². The van der Waals surface area contributed by atoms with Crippen LogP contribution in [0.15, 0.2) is 17.2 Å². The van der Waals surface area contributed by atoms with Gasteiger partial charge in [-0.1, -0.05) is 0 Å². The Morgan fingerprint density at radius 3 is 2.95 bits per heavy atom. The van der Waals surface area contributed by atoms with E-state index < -0.39 is 10.0 Å². The molecule has 0 saturated carbocycles. The minimum Gasteiger partial charge on any atom is -0.314 e. The second kappa shape index (κ2) is 5.60. The van der Waals surface area contributed by atoms with Gasteiger partial charge in [0.05, 0.1) is 5.69 Å². The van der Waals surface area contributed by atoms with Gasteiger partial charge in [-0.05, 0) is 39.3 Å². The van der Waals surface area contributed by atoms with Gasteiger partial charge in [0, 0.05) is 30.7 Å². The summed E-state index contributed by atoms with van der Waals surface area (Å²) in [6, 6.07) is 1.94. The van der Waals surface area contributed by atoms with Gasteiger partial charge in [-0.3, -0.25) is 4.68 Å². The van der Waals surface area contributed by atoms with Crippen LogP contribution in [0.5, 0.6) is 0 Å². The first-order chi connectivity index (χ1) is 10.4. The standard InChI is InChI=1S/C14H21N5O2S/c1-9-6-11(4-5-15-9)18-22(20,21)12-7-13-10(2)17-19(3)14(13)16-8-12/h7-9,11,15,18H,4-6H2,1-3H3. The number of pyridine rings is 1. The van der Waals surface area contributed by atoms with E-state index in [1.54, 1.807) is 17.8 Å². The summed E-state index contributed by atoms with van der Waals surface area (Å²) in [5, 5.41) is 8.35. The van der Waals surface area contributed by atoms with Gasteiger partial charge >= 0.3 is 0 Å². The maximum Gasteiger partial charge on any atom is 0.242 e. The molecule has 1 saturated heterocycles. The van der Waals surface area contributed by atoms with E-state index in [4.69, 9.17) is 0 Å². The maximum absolute atomic E-state index is 12.6. The fourth-order valence-corrected chi connectivity index (χ4v) is 4.22. The van der Waals surface area contributed by atoms with E-state index in [2.05, 4.69) is 27.0 Å². The van der Waals surface area contributed by atoms with Crippen LogP contribution in [0.4, 0.5) is 0 Å². The molecule has 3 heterocycles. The van der Waals surface area contributed by atoms with Crippen molar-refractivity contribution in [2.75, 3.05) is 6.54 Å². The zero-order chi connectivity index (χ0) is 15.9. The highest BCUT2D eigenvalue weighted by Gasteiger charge is 2.25. The minimum atomic E-state index is -3.56. The predicted octanol–water partition coefficient (Wildman–Crippen LogP) is 0.696. The van der Waals surface area contributed by atoms with Crippen molar-refractivity contribution in [2.24, 2.45) is 7.05 Å². The topological polar surface area (TPSA) is 88.9 Å². The van der Waals surface area contributed by atoms with Crippen LogP contribution >= 0.6 is 0 Å². The van der Waals surface area contributed by atoms with E-state index in [1.165, 1.54) is 6.20 Å². The van der Waals surface area contributed by atoms with Gasteiger partial charge in [0.15, 0.2) is 5.65 Å². The minimum absolute atomic E-state index is 0.0352. The van der Waals surface area contributed by atoms with E-state index in [1.807, 2.05) is 6.92 Å². The van der Waals surface area contributed by atoms with Crippen LogP contribution in [0.3, 0.4) is 0 Å². The van der Waals surface area contributed by atoms with Crippen molar-refractivity contribution in [1.82, 2.24) is 24.8 Å². The maximum atomic E-state index is 12.6. The Morgan fingerprint density at radius 1 is 1.45 bits per heavy atom. The summed E-state index contributed by atoms with van der Waals surface area (Å²) in [7, 11) is -1.76. The molecule has 0 bridgehead atoms. The zero-order valence-electron chi connectivity index (χ0n) is 13.0. The van der Waals surface area contributed by atoms with E-state index >= 15 is 0 Å². The van der Waals surface area contributed by atoms with Gasteiger partial charge in [-0.2, -0.15) is 5.10 Å². The van der Waals surface area contributed by atoms with Crippen molar-refractivity contribution in [2.45, 2.75) is 43.7 Å². The number of aromatic nitrogens is 3. The van der Waals surface area contributed by atoms with Crippen LogP contribution in [0.1, 0.15) is 25.5 Å². The number of rotatable bonds is 3. The molecule has 0 spiro atoms. The molecule has 0 radical (unpaired) electrons. The Kier molecular flexibility index (Phi) is 3.92. The summed E-state index contributed by atoms with van der Waals surface area (Å²) in [5.41, 5.74) is 1.46. The van der Waals surface area contributed by atoms with Gasteiger partial charge < -0.3 is 5.32 Å². The second-order valence-electron chi connectivity index (χ2n) is 5.95. The Bertz CT molecular complexity index is 799. The lowest BCUT2D eigenvalue weighted by atomic mass is 10.0. The summed E-state index contributed by atoms with van der Waals surface area (Å²) < 4.78 is 29.6. The number of fused-ring (bicyclic) bond motifs is 1. The van der Waals surface area contributed by atoms with Crippen LogP contribution in [0.25, 0.3) is 11.0 Å². The van der Waals surface area contributed by atoms with Crippen LogP contribution in [-0.4, -0.2) is 41.8 Å². The van der Waals surface area contributed by atoms with Gasteiger partial charge in [-0.15, -0.1) is 0 Å². The molecule has 2 aromatic rings. The third-order valence-electron chi connectivity index (χ3n) is 4.09. The van der Waals surface area contributed by atoms with Crippen LogP contribution in [-0.2, 0) is 17.1 Å². The van der Waals surface area contributed by atoms with Crippen LogP contribution in [0, 0.1) is 6.92 Å². The predicted molar refractivity (Wildman–Crippen MR) is 84.1 cm³/mol. The number of sulfonamides is 1. The summed E-state index contributed by atoms with van der Waals surface area (Å²) >= 11 is 0. The molecule has 2 unspecified atom stereocenters. The Morgan fingerprint density at radius 2 is 2.23 bits per heavy atom. The summed E-state index contributed by atoms with van der Waals surface area (Å²) in [5.74, 6) is 0. The highest BCUT2D eigenvalue weighted by Crippen LogP contribution is 2.20. The van der Waals surface area contributed by atoms with Gasteiger partial charge in [0.25, 0.3) is 0 Å². The van der Waals surface area contributed by atoms with Crippen molar-refractivity contribution < 1.29 is 8.42 Å². The SMILES string of the molecule is Cc1nn(C)c2ncc(S(=O)(=O)NC3CCNC(C)C3)cc12. The molecule has 0 aliphatic carbocycles. The monoisotopic (exact) mass is 323 g/mol. The fraction of sp³-hybridized carbons (Fsp3) is 0.571. The molecule has 8 heteroatoms. The Labute approximate surface area is 130 Å². The molecule has 2 atom stereocenters. The first-order valence-corrected chi connectivity index (χ1v) is 8.90. The molecule has 22 heavy (non-hydrogen) atoms. The summed E-state index contributed by atoms with van der Waals surface area (Å²) in [6.07, 6.45) is 2.99. The lowest BCUT2D eigenvalue weighted by molar-refractivity contribution is 0.361. The third-order valence-corrected chi connectivity index (χ3v) is 5.58. The van der Waals surface area contributed by atoms with Crippen molar-refractivity contribution >= 4 is 21.1 Å². The van der Waals surface area contributed by atoms with E-state index in [9.17, 15) is 8.42 Å². The van der Waals surface area contributed by atoms with Crippen LogP contribution < -0.4 is 10.0 Å². The number of hydrogen-bond acceptors (Lipinski definition) is 5. The summed E-state index contributed by atoms with van der Waals surface area (Å²) in [6.45, 7) is 4.74. The van der Waals surface area contributed by atoms with Crippen molar-refractivity contribution in [3.63, 3.8) is 0 Å². The quantitative estimate of drug-likeness (QED) is 0.868. The molecule has 120 valence electrons. The zero-order valence-corrected chi connectivity index (χ0v) is 13.8. The summed E-state index contributed by atoms with van der Waals surface area (Å²) in [4.78, 5) is 4.44. The van der Waals surface area contributed by atoms with Crippen molar-refractivity contribution in [1.29, 1.82) is 0 Å². The smallest absolute Gasteiger partial charge is 0.242 e. The molecule has 0 amide bonds. The molecule has 1 aliphatic heterocycles. The average molecular weight is 323 g/mol. The molecule has 3 rings (SSSR count).